The molecular formula is C12H17BrN2OS. The minimum Gasteiger partial charge on any atom is -0.358 e. The van der Waals surface area contributed by atoms with Crippen LogP contribution >= 0.6 is 27.7 Å². The molecule has 0 aliphatic rings. The van der Waals surface area contributed by atoms with E-state index >= 15 is 0 Å². The zero-order chi connectivity index (χ0) is 12.8. The van der Waals surface area contributed by atoms with Crippen molar-refractivity contribution < 1.29 is 4.79 Å². The van der Waals surface area contributed by atoms with Gasteiger partial charge < -0.3 is 10.6 Å². The Kier molecular flexibility index (Phi) is 6.02. The number of halogens is 1. The SMILES string of the molecule is CNC(=O)CSc1ccc(C(C)NC)c(Br)c1. The second-order valence-corrected chi connectivity index (χ2v) is 5.56. The molecular weight excluding hydrogens is 300 g/mol. The van der Waals surface area contributed by atoms with Gasteiger partial charge in [0, 0.05) is 22.5 Å². The second kappa shape index (κ2) is 7.03. The van der Waals surface area contributed by atoms with Crippen LogP contribution in [0.25, 0.3) is 0 Å². The summed E-state index contributed by atoms with van der Waals surface area (Å²) >= 11 is 5.09. The molecule has 3 nitrogen and oxygen atoms in total. The van der Waals surface area contributed by atoms with E-state index in [0.717, 1.165) is 9.37 Å². The molecule has 5 heteroatoms. The highest BCUT2D eigenvalue weighted by Crippen LogP contribution is 2.28. The standard InChI is InChI=1S/C12H17BrN2OS/c1-8(14-2)10-5-4-9(6-11(10)13)17-7-12(16)15-3/h4-6,8,14H,7H2,1-3H3,(H,15,16). The lowest BCUT2D eigenvalue weighted by Crippen LogP contribution is -2.19. The first-order valence-electron chi connectivity index (χ1n) is 5.38. The Bertz CT molecular complexity index is 398. The maximum atomic E-state index is 11.1. The van der Waals surface area contributed by atoms with Gasteiger partial charge in [0.25, 0.3) is 0 Å². The third kappa shape index (κ3) is 4.33. The summed E-state index contributed by atoms with van der Waals surface area (Å²) in [4.78, 5) is 12.2. The molecule has 1 aromatic carbocycles. The molecule has 17 heavy (non-hydrogen) atoms. The minimum atomic E-state index is 0.0405. The summed E-state index contributed by atoms with van der Waals surface area (Å²) in [5.41, 5.74) is 1.22. The molecule has 0 aliphatic carbocycles. The Balaban J connectivity index is 2.72. The number of hydrogen-bond acceptors (Lipinski definition) is 3. The summed E-state index contributed by atoms with van der Waals surface area (Å²) in [6.07, 6.45) is 0. The van der Waals surface area contributed by atoms with Gasteiger partial charge in [-0.3, -0.25) is 4.79 Å². The Hall–Kier alpha value is -0.520. The third-order valence-electron chi connectivity index (χ3n) is 2.52. The molecule has 0 saturated heterocycles. The van der Waals surface area contributed by atoms with Gasteiger partial charge >= 0.3 is 0 Å². The van der Waals surface area contributed by atoms with Crippen LogP contribution in [0.15, 0.2) is 27.6 Å². The average Bonchev–Trinajstić information content (AvgIpc) is 2.35. The Labute approximate surface area is 115 Å². The number of amides is 1. The number of rotatable bonds is 5. The molecule has 0 aliphatic heterocycles. The first-order chi connectivity index (χ1) is 8.08. The van der Waals surface area contributed by atoms with Crippen LogP contribution in [0, 0.1) is 0 Å². The van der Waals surface area contributed by atoms with Gasteiger partial charge in [-0.1, -0.05) is 22.0 Å². The lowest BCUT2D eigenvalue weighted by atomic mass is 10.1. The van der Waals surface area contributed by atoms with Crippen molar-refractivity contribution in [1.82, 2.24) is 10.6 Å². The van der Waals surface area contributed by atoms with Crippen LogP contribution in [-0.4, -0.2) is 25.8 Å². The predicted octanol–water partition coefficient (Wildman–Crippen LogP) is 2.57. The monoisotopic (exact) mass is 316 g/mol. The molecule has 0 spiro atoms. The largest absolute Gasteiger partial charge is 0.358 e. The zero-order valence-corrected chi connectivity index (χ0v) is 12.6. The Morgan fingerprint density at radius 2 is 2.18 bits per heavy atom. The molecule has 1 unspecified atom stereocenters. The molecule has 2 N–H and O–H groups in total. The molecule has 0 fully saturated rings. The average molecular weight is 317 g/mol. The van der Waals surface area contributed by atoms with Crippen molar-refractivity contribution in [1.29, 1.82) is 0 Å². The highest BCUT2D eigenvalue weighted by atomic mass is 79.9. The second-order valence-electron chi connectivity index (χ2n) is 3.66. The van der Waals surface area contributed by atoms with E-state index in [0.29, 0.717) is 11.8 Å². The fourth-order valence-electron chi connectivity index (χ4n) is 1.33. The normalized spacial score (nSPS) is 12.2. The van der Waals surface area contributed by atoms with E-state index in [2.05, 4.69) is 45.6 Å². The molecule has 1 amide bonds. The van der Waals surface area contributed by atoms with Crippen molar-refractivity contribution in [2.75, 3.05) is 19.8 Å². The molecule has 0 aromatic heterocycles. The molecule has 0 saturated carbocycles. The van der Waals surface area contributed by atoms with Gasteiger partial charge in [-0.05, 0) is 31.7 Å². The van der Waals surface area contributed by atoms with E-state index in [1.807, 2.05) is 13.1 Å². The predicted molar refractivity (Wildman–Crippen MR) is 76.4 cm³/mol. The van der Waals surface area contributed by atoms with Gasteiger partial charge in [0.2, 0.25) is 5.91 Å². The van der Waals surface area contributed by atoms with Crippen molar-refractivity contribution in [2.45, 2.75) is 17.9 Å². The molecule has 94 valence electrons. The van der Waals surface area contributed by atoms with Crippen molar-refractivity contribution in [3.8, 4) is 0 Å². The number of nitrogens with one attached hydrogen (secondary N) is 2. The summed E-state index contributed by atoms with van der Waals surface area (Å²) < 4.78 is 1.07. The first-order valence-corrected chi connectivity index (χ1v) is 7.16. The van der Waals surface area contributed by atoms with Gasteiger partial charge in [0.05, 0.1) is 5.75 Å². The van der Waals surface area contributed by atoms with Crippen LogP contribution in [0.1, 0.15) is 18.5 Å². The van der Waals surface area contributed by atoms with Crippen LogP contribution in [0.3, 0.4) is 0 Å². The molecule has 0 bridgehead atoms. The number of carbonyl (C=O) groups excluding carboxylic acids is 1. The van der Waals surface area contributed by atoms with Gasteiger partial charge in [0.15, 0.2) is 0 Å². The molecule has 1 aromatic rings. The van der Waals surface area contributed by atoms with Crippen molar-refractivity contribution in [3.63, 3.8) is 0 Å². The van der Waals surface area contributed by atoms with Gasteiger partial charge in [-0.15, -0.1) is 11.8 Å². The quantitative estimate of drug-likeness (QED) is 0.820. The molecule has 0 radical (unpaired) electrons. The maximum absolute atomic E-state index is 11.1. The summed E-state index contributed by atoms with van der Waals surface area (Å²) in [5, 5.41) is 5.81. The summed E-state index contributed by atoms with van der Waals surface area (Å²) in [5.74, 6) is 0.489. The van der Waals surface area contributed by atoms with Gasteiger partial charge in [-0.25, -0.2) is 0 Å². The smallest absolute Gasteiger partial charge is 0.230 e. The molecule has 1 atom stereocenters. The first kappa shape index (κ1) is 14.5. The van der Waals surface area contributed by atoms with Crippen molar-refractivity contribution in [3.05, 3.63) is 28.2 Å². The molecule has 1 rings (SSSR count). The lowest BCUT2D eigenvalue weighted by Gasteiger charge is -2.13. The summed E-state index contributed by atoms with van der Waals surface area (Å²) in [6.45, 7) is 2.11. The van der Waals surface area contributed by atoms with Crippen molar-refractivity contribution in [2.24, 2.45) is 0 Å². The minimum absolute atomic E-state index is 0.0405. The molecule has 0 heterocycles. The van der Waals surface area contributed by atoms with Crippen LogP contribution in [0.2, 0.25) is 0 Å². The summed E-state index contributed by atoms with van der Waals surface area (Å²) in [7, 11) is 3.59. The maximum Gasteiger partial charge on any atom is 0.230 e. The van der Waals surface area contributed by atoms with Crippen LogP contribution < -0.4 is 10.6 Å². The van der Waals surface area contributed by atoms with Crippen LogP contribution in [0.4, 0.5) is 0 Å². The highest BCUT2D eigenvalue weighted by molar-refractivity contribution is 9.10. The lowest BCUT2D eigenvalue weighted by molar-refractivity contribution is -0.118. The Morgan fingerprint density at radius 3 is 2.71 bits per heavy atom. The number of carbonyl (C=O) groups is 1. The van der Waals surface area contributed by atoms with E-state index in [4.69, 9.17) is 0 Å². The number of hydrogen-bond donors (Lipinski definition) is 2. The summed E-state index contributed by atoms with van der Waals surface area (Å²) in [6, 6.07) is 6.48. The Morgan fingerprint density at radius 1 is 1.47 bits per heavy atom. The third-order valence-corrected chi connectivity index (χ3v) is 4.20. The zero-order valence-electron chi connectivity index (χ0n) is 10.2. The van der Waals surface area contributed by atoms with Crippen LogP contribution in [0.5, 0.6) is 0 Å². The van der Waals surface area contributed by atoms with Gasteiger partial charge in [0.1, 0.15) is 0 Å². The van der Waals surface area contributed by atoms with E-state index in [-0.39, 0.29) is 5.91 Å². The van der Waals surface area contributed by atoms with E-state index in [9.17, 15) is 4.79 Å². The van der Waals surface area contributed by atoms with E-state index in [1.165, 1.54) is 17.3 Å². The number of benzene rings is 1. The number of thioether (sulfide) groups is 1. The van der Waals surface area contributed by atoms with E-state index in [1.54, 1.807) is 7.05 Å². The van der Waals surface area contributed by atoms with Crippen LogP contribution in [-0.2, 0) is 4.79 Å². The van der Waals surface area contributed by atoms with Crippen molar-refractivity contribution >= 4 is 33.6 Å². The highest BCUT2D eigenvalue weighted by Gasteiger charge is 2.08. The van der Waals surface area contributed by atoms with Gasteiger partial charge in [-0.2, -0.15) is 0 Å². The fraction of sp³-hybridized carbons (Fsp3) is 0.417. The van der Waals surface area contributed by atoms with E-state index < -0.39 is 0 Å². The fourth-order valence-corrected chi connectivity index (χ4v) is 3.01. The topological polar surface area (TPSA) is 41.1 Å².